The van der Waals surface area contributed by atoms with Crippen molar-refractivity contribution >= 4 is 0 Å². The van der Waals surface area contributed by atoms with Crippen molar-refractivity contribution in [1.82, 2.24) is 5.32 Å². The summed E-state index contributed by atoms with van der Waals surface area (Å²) >= 11 is 0. The van der Waals surface area contributed by atoms with E-state index in [2.05, 4.69) is 23.5 Å². The van der Waals surface area contributed by atoms with E-state index in [1.54, 1.807) is 0 Å². The van der Waals surface area contributed by atoms with E-state index >= 15 is 0 Å². The van der Waals surface area contributed by atoms with Gasteiger partial charge >= 0.3 is 0 Å². The van der Waals surface area contributed by atoms with Crippen molar-refractivity contribution in [3.63, 3.8) is 0 Å². The molecule has 1 aromatic rings. The molecular weight excluding hydrogens is 184 g/mol. The van der Waals surface area contributed by atoms with Gasteiger partial charge in [0.25, 0.3) is 0 Å². The third-order valence-electron chi connectivity index (χ3n) is 2.71. The minimum absolute atomic E-state index is 0.859. The summed E-state index contributed by atoms with van der Waals surface area (Å²) in [5.74, 6) is 0. The van der Waals surface area contributed by atoms with Crippen LogP contribution in [0.1, 0.15) is 12.0 Å². The molecule has 1 aliphatic heterocycles. The van der Waals surface area contributed by atoms with Gasteiger partial charge in [0.2, 0.25) is 0 Å². The van der Waals surface area contributed by atoms with E-state index in [-0.39, 0.29) is 0 Å². The third-order valence-corrected chi connectivity index (χ3v) is 2.71. The summed E-state index contributed by atoms with van der Waals surface area (Å²) < 4.78 is 0. The van der Waals surface area contributed by atoms with Crippen LogP contribution in [0.15, 0.2) is 41.5 Å². The molecule has 1 aromatic carbocycles. The van der Waals surface area contributed by atoms with Gasteiger partial charge in [-0.05, 0) is 24.0 Å². The fourth-order valence-electron chi connectivity index (χ4n) is 1.88. The van der Waals surface area contributed by atoms with Crippen molar-refractivity contribution in [1.29, 1.82) is 5.26 Å². The van der Waals surface area contributed by atoms with Gasteiger partial charge in [-0.25, -0.2) is 0 Å². The average Bonchev–Trinajstić information content (AvgIpc) is 2.31. The predicted octanol–water partition coefficient (Wildman–Crippen LogP) is 2.04. The fraction of sp³-hybridized carbons (Fsp3) is 0.308. The molecule has 15 heavy (non-hydrogen) atoms. The lowest BCUT2D eigenvalue weighted by atomic mass is 9.96. The maximum Gasteiger partial charge on any atom is 0.0947 e. The number of nitriles is 1. The van der Waals surface area contributed by atoms with Crippen LogP contribution in [0, 0.1) is 11.3 Å². The van der Waals surface area contributed by atoms with Crippen molar-refractivity contribution in [2.45, 2.75) is 12.8 Å². The molecule has 0 fully saturated rings. The summed E-state index contributed by atoms with van der Waals surface area (Å²) in [6.45, 7) is 1.79. The number of nitrogens with one attached hydrogen (secondary N) is 1. The summed E-state index contributed by atoms with van der Waals surface area (Å²) in [7, 11) is 0. The van der Waals surface area contributed by atoms with Gasteiger partial charge < -0.3 is 5.32 Å². The number of rotatable bonds is 2. The molecule has 0 unspecified atom stereocenters. The van der Waals surface area contributed by atoms with E-state index in [0.29, 0.717) is 0 Å². The van der Waals surface area contributed by atoms with Gasteiger partial charge in [-0.3, -0.25) is 0 Å². The van der Waals surface area contributed by atoms with Crippen LogP contribution in [0.4, 0.5) is 0 Å². The molecule has 0 spiro atoms. The molecule has 0 bridgehead atoms. The highest BCUT2D eigenvalue weighted by Gasteiger charge is 2.11. The fourth-order valence-corrected chi connectivity index (χ4v) is 1.88. The lowest BCUT2D eigenvalue weighted by Gasteiger charge is -2.17. The molecule has 0 saturated carbocycles. The SMILES string of the molecule is N#CC1=C(Cc2ccccc2)CNCC1. The van der Waals surface area contributed by atoms with Crippen LogP contribution in [-0.2, 0) is 6.42 Å². The second-order valence-electron chi connectivity index (χ2n) is 3.78. The number of benzene rings is 1. The van der Waals surface area contributed by atoms with Gasteiger partial charge in [-0.1, -0.05) is 30.3 Å². The first-order chi connectivity index (χ1) is 7.40. The van der Waals surface area contributed by atoms with E-state index in [1.807, 2.05) is 18.2 Å². The van der Waals surface area contributed by atoms with Crippen LogP contribution in [0.3, 0.4) is 0 Å². The molecule has 0 amide bonds. The highest BCUT2D eigenvalue weighted by Crippen LogP contribution is 2.16. The minimum atomic E-state index is 0.859. The Bertz CT molecular complexity index is 398. The van der Waals surface area contributed by atoms with Crippen LogP contribution < -0.4 is 5.32 Å². The molecule has 1 N–H and O–H groups in total. The largest absolute Gasteiger partial charge is 0.313 e. The lowest BCUT2D eigenvalue weighted by Crippen LogP contribution is -2.25. The summed E-state index contributed by atoms with van der Waals surface area (Å²) in [5.41, 5.74) is 3.50. The molecule has 1 aliphatic rings. The molecule has 0 aliphatic carbocycles. The molecule has 0 aromatic heterocycles. The first-order valence-corrected chi connectivity index (χ1v) is 5.26. The second-order valence-corrected chi connectivity index (χ2v) is 3.78. The summed E-state index contributed by atoms with van der Waals surface area (Å²) in [5, 5.41) is 12.3. The van der Waals surface area contributed by atoms with Crippen LogP contribution in [-0.4, -0.2) is 13.1 Å². The Kier molecular flexibility index (Phi) is 3.16. The van der Waals surface area contributed by atoms with E-state index in [9.17, 15) is 0 Å². The third kappa shape index (κ3) is 2.45. The van der Waals surface area contributed by atoms with Gasteiger partial charge in [-0.15, -0.1) is 0 Å². The smallest absolute Gasteiger partial charge is 0.0947 e. The molecule has 0 saturated heterocycles. The standard InChI is InChI=1S/C13H14N2/c14-9-12-6-7-15-10-13(12)8-11-4-2-1-3-5-11/h1-5,15H,6-8,10H2. The Hall–Kier alpha value is -1.59. The molecule has 0 atom stereocenters. The molecular formula is C13H14N2. The predicted molar refractivity (Wildman–Crippen MR) is 60.3 cm³/mol. The Balaban J connectivity index is 2.18. The first kappa shape index (κ1) is 9.95. The Morgan fingerprint density at radius 1 is 1.27 bits per heavy atom. The number of nitrogens with zero attached hydrogens (tertiary/aromatic N) is 1. The van der Waals surface area contributed by atoms with Crippen molar-refractivity contribution in [2.75, 3.05) is 13.1 Å². The maximum absolute atomic E-state index is 9.00. The Morgan fingerprint density at radius 2 is 2.07 bits per heavy atom. The van der Waals surface area contributed by atoms with Gasteiger partial charge in [-0.2, -0.15) is 5.26 Å². The van der Waals surface area contributed by atoms with Crippen molar-refractivity contribution < 1.29 is 0 Å². The van der Waals surface area contributed by atoms with E-state index in [0.717, 1.165) is 31.5 Å². The van der Waals surface area contributed by atoms with Crippen molar-refractivity contribution in [2.24, 2.45) is 0 Å². The topological polar surface area (TPSA) is 35.8 Å². The Morgan fingerprint density at radius 3 is 2.80 bits per heavy atom. The zero-order valence-electron chi connectivity index (χ0n) is 8.66. The van der Waals surface area contributed by atoms with Gasteiger partial charge in [0, 0.05) is 18.7 Å². The van der Waals surface area contributed by atoms with Crippen LogP contribution in [0.2, 0.25) is 0 Å². The molecule has 76 valence electrons. The van der Waals surface area contributed by atoms with E-state index < -0.39 is 0 Å². The quantitative estimate of drug-likeness (QED) is 0.789. The molecule has 1 heterocycles. The van der Waals surface area contributed by atoms with Crippen LogP contribution >= 0.6 is 0 Å². The maximum atomic E-state index is 9.00. The van der Waals surface area contributed by atoms with Crippen LogP contribution in [0.25, 0.3) is 0 Å². The van der Waals surface area contributed by atoms with E-state index in [1.165, 1.54) is 11.1 Å². The Labute approximate surface area is 90.2 Å². The molecule has 2 nitrogen and oxygen atoms in total. The van der Waals surface area contributed by atoms with Crippen LogP contribution in [0.5, 0.6) is 0 Å². The van der Waals surface area contributed by atoms with Gasteiger partial charge in [0.1, 0.15) is 0 Å². The highest BCUT2D eigenvalue weighted by molar-refractivity contribution is 5.34. The van der Waals surface area contributed by atoms with E-state index in [4.69, 9.17) is 5.26 Å². The summed E-state index contributed by atoms with van der Waals surface area (Å²) in [6, 6.07) is 12.6. The molecule has 0 radical (unpaired) electrons. The number of hydrogen-bond donors (Lipinski definition) is 1. The first-order valence-electron chi connectivity index (χ1n) is 5.26. The number of hydrogen-bond acceptors (Lipinski definition) is 2. The molecule has 2 rings (SSSR count). The summed E-state index contributed by atoms with van der Waals surface area (Å²) in [4.78, 5) is 0. The lowest BCUT2D eigenvalue weighted by molar-refractivity contribution is 0.676. The molecule has 2 heteroatoms. The van der Waals surface area contributed by atoms with Gasteiger partial charge in [0.15, 0.2) is 0 Å². The average molecular weight is 198 g/mol. The van der Waals surface area contributed by atoms with Gasteiger partial charge in [0.05, 0.1) is 6.07 Å². The second kappa shape index (κ2) is 4.77. The van der Waals surface area contributed by atoms with Crippen molar-refractivity contribution in [3.8, 4) is 6.07 Å². The summed E-state index contributed by atoms with van der Waals surface area (Å²) in [6.07, 6.45) is 1.77. The normalized spacial score (nSPS) is 16.2. The monoisotopic (exact) mass is 198 g/mol. The highest BCUT2D eigenvalue weighted by atomic mass is 14.9. The zero-order chi connectivity index (χ0) is 10.5. The van der Waals surface area contributed by atoms with Crippen molar-refractivity contribution in [3.05, 3.63) is 47.0 Å². The zero-order valence-corrected chi connectivity index (χ0v) is 8.66. The minimum Gasteiger partial charge on any atom is -0.313 e.